The molecule has 2 aliphatic rings. The Labute approximate surface area is 255 Å². The molecule has 1 N–H and O–H groups in total. The smallest absolute Gasteiger partial charge is 0.410 e. The lowest BCUT2D eigenvalue weighted by Crippen LogP contribution is -2.50. The minimum atomic E-state index is -0.520. The van der Waals surface area contributed by atoms with Crippen LogP contribution in [0.1, 0.15) is 68.2 Å². The van der Waals surface area contributed by atoms with Crippen LogP contribution in [0.3, 0.4) is 0 Å². The molecule has 0 atom stereocenters. The zero-order chi connectivity index (χ0) is 30.5. The molecule has 2 fully saturated rings. The van der Waals surface area contributed by atoms with E-state index in [1.54, 1.807) is 6.20 Å². The summed E-state index contributed by atoms with van der Waals surface area (Å²) in [4.78, 5) is 49.3. The van der Waals surface area contributed by atoms with E-state index < -0.39 is 5.60 Å². The van der Waals surface area contributed by atoms with Crippen molar-refractivity contribution in [3.8, 4) is 0 Å². The van der Waals surface area contributed by atoms with Crippen molar-refractivity contribution in [2.75, 3.05) is 29.6 Å². The lowest BCUT2D eigenvalue weighted by atomic mass is 10.0. The molecule has 6 rings (SSSR count). The van der Waals surface area contributed by atoms with E-state index >= 15 is 0 Å². The molecular weight excluding hydrogens is 564 g/mol. The molecule has 1 saturated carbocycles. The molecule has 226 valence electrons. The topological polar surface area (TPSA) is 118 Å². The van der Waals surface area contributed by atoms with E-state index in [1.165, 1.54) is 11.8 Å². The molecule has 1 saturated heterocycles. The molecule has 0 unspecified atom stereocenters. The molecule has 1 aliphatic heterocycles. The zero-order valence-corrected chi connectivity index (χ0v) is 26.4. The lowest BCUT2D eigenvalue weighted by Gasteiger charge is -2.40. The number of carbonyl (C=O) groups is 2. The Bertz CT molecular complexity index is 1700. The first-order chi connectivity index (χ1) is 20.5. The molecule has 2 amide bonds. The number of hydrogen-bond acceptors (Lipinski definition) is 9. The second-order valence-electron chi connectivity index (χ2n) is 12.4. The van der Waals surface area contributed by atoms with Crippen molar-refractivity contribution < 1.29 is 14.3 Å². The van der Waals surface area contributed by atoms with Gasteiger partial charge in [-0.15, -0.1) is 0 Å². The summed E-state index contributed by atoms with van der Waals surface area (Å²) >= 11 is 1.43. The van der Waals surface area contributed by atoms with E-state index in [-0.39, 0.29) is 24.1 Å². The van der Waals surface area contributed by atoms with Crippen LogP contribution in [0.25, 0.3) is 16.6 Å². The van der Waals surface area contributed by atoms with Crippen LogP contribution in [0.5, 0.6) is 0 Å². The van der Waals surface area contributed by atoms with E-state index in [4.69, 9.17) is 9.72 Å². The van der Waals surface area contributed by atoms with E-state index in [0.717, 1.165) is 61.2 Å². The number of carbonyl (C=O) groups excluding carboxylic acids is 2. The van der Waals surface area contributed by atoms with Gasteiger partial charge < -0.3 is 24.3 Å². The van der Waals surface area contributed by atoms with Gasteiger partial charge in [0.15, 0.2) is 16.6 Å². The number of rotatable bonds is 6. The predicted molar refractivity (Wildman–Crippen MR) is 168 cm³/mol. The first kappa shape index (κ1) is 29.2. The first-order valence-electron chi connectivity index (χ1n) is 14.7. The summed E-state index contributed by atoms with van der Waals surface area (Å²) in [5, 5.41) is 4.37. The van der Waals surface area contributed by atoms with Gasteiger partial charge in [0, 0.05) is 48.6 Å². The summed E-state index contributed by atoms with van der Waals surface area (Å²) in [5.74, 6) is 0.160. The third-order valence-electron chi connectivity index (χ3n) is 7.84. The van der Waals surface area contributed by atoms with Gasteiger partial charge in [-0.2, -0.15) is 0 Å². The van der Waals surface area contributed by atoms with Crippen LogP contribution in [0, 0.1) is 13.8 Å². The maximum absolute atomic E-state index is 13.6. The largest absolute Gasteiger partial charge is 0.444 e. The van der Waals surface area contributed by atoms with Gasteiger partial charge in [-0.05, 0) is 78.7 Å². The summed E-state index contributed by atoms with van der Waals surface area (Å²) in [7, 11) is 0. The molecule has 0 bridgehead atoms. The predicted octanol–water partition coefficient (Wildman–Crippen LogP) is 5.63. The van der Waals surface area contributed by atoms with Crippen LogP contribution in [0.4, 0.5) is 16.3 Å². The Balaban J connectivity index is 1.24. The number of amides is 2. The Hall–Kier alpha value is -3.93. The lowest BCUT2D eigenvalue weighted by molar-refractivity contribution is 0.0114. The normalized spacial score (nSPS) is 16.1. The van der Waals surface area contributed by atoms with Gasteiger partial charge in [0.05, 0.1) is 28.7 Å². The number of anilines is 2. The van der Waals surface area contributed by atoms with Gasteiger partial charge in [0.1, 0.15) is 5.60 Å². The molecule has 1 aliphatic carbocycles. The molecule has 43 heavy (non-hydrogen) atoms. The van der Waals surface area contributed by atoms with Crippen molar-refractivity contribution in [1.82, 2.24) is 29.2 Å². The summed E-state index contributed by atoms with van der Waals surface area (Å²) in [6, 6.07) is 4.23. The maximum Gasteiger partial charge on any atom is 0.410 e. The average molecular weight is 603 g/mol. The standard InChI is InChI=1S/C31H38N8O3S/c1-18-16-38-17-25(34-27(38)19(2)33-18)35-28(40)22-9-10-24(23-15-32-29(43-6)36-26(22)23)37-13-11-21(12-14-37)39(20-7-8-20)30(41)42-31(3,4)5/h9-10,15-17,20-21H,7-8,11-14H2,1-6H3,(H,35,40). The minimum absolute atomic E-state index is 0.141. The number of nitrogens with zero attached hydrogens (tertiary/aromatic N) is 7. The third kappa shape index (κ3) is 6.11. The number of piperidine rings is 1. The highest BCUT2D eigenvalue weighted by Gasteiger charge is 2.41. The molecule has 3 aromatic heterocycles. The monoisotopic (exact) mass is 602 g/mol. The van der Waals surface area contributed by atoms with Crippen LogP contribution in [-0.4, -0.2) is 78.3 Å². The van der Waals surface area contributed by atoms with E-state index in [2.05, 4.69) is 25.2 Å². The van der Waals surface area contributed by atoms with Gasteiger partial charge in [-0.3, -0.25) is 9.78 Å². The number of hydrogen-bond donors (Lipinski definition) is 1. The van der Waals surface area contributed by atoms with Crippen molar-refractivity contribution in [1.29, 1.82) is 0 Å². The Kier molecular flexibility index (Phi) is 7.66. The SMILES string of the molecule is CSc1ncc2c(N3CCC(N(C(=O)OC(C)(C)C)C4CC4)CC3)ccc(C(=O)Nc3cn4cc(C)nc(C)c4n3)c2n1. The van der Waals surface area contributed by atoms with Crippen LogP contribution < -0.4 is 10.2 Å². The quantitative estimate of drug-likeness (QED) is 0.221. The van der Waals surface area contributed by atoms with E-state index in [0.29, 0.717) is 27.7 Å². The van der Waals surface area contributed by atoms with Crippen LogP contribution >= 0.6 is 11.8 Å². The Morgan fingerprint density at radius 1 is 1.02 bits per heavy atom. The second kappa shape index (κ2) is 11.3. The number of ether oxygens (including phenoxy) is 1. The molecule has 0 radical (unpaired) electrons. The molecule has 11 nitrogen and oxygen atoms in total. The van der Waals surface area contributed by atoms with Crippen molar-refractivity contribution in [3.05, 3.63) is 47.7 Å². The number of aryl methyl sites for hydroxylation is 2. The number of benzene rings is 1. The summed E-state index contributed by atoms with van der Waals surface area (Å²) in [6.07, 6.45) is 10.9. The number of imidazole rings is 1. The fourth-order valence-corrected chi connectivity index (χ4v) is 6.18. The number of aromatic nitrogens is 5. The first-order valence-corrected chi connectivity index (χ1v) is 16.0. The number of fused-ring (bicyclic) bond motifs is 2. The summed E-state index contributed by atoms with van der Waals surface area (Å²) in [6.45, 7) is 11.1. The Morgan fingerprint density at radius 3 is 2.42 bits per heavy atom. The van der Waals surface area contributed by atoms with E-state index in [1.807, 2.05) is 74.7 Å². The second-order valence-corrected chi connectivity index (χ2v) is 13.1. The summed E-state index contributed by atoms with van der Waals surface area (Å²) < 4.78 is 7.63. The van der Waals surface area contributed by atoms with E-state index in [9.17, 15) is 9.59 Å². The van der Waals surface area contributed by atoms with Gasteiger partial charge in [-0.25, -0.2) is 19.7 Å². The van der Waals surface area contributed by atoms with Gasteiger partial charge in [-0.1, -0.05) is 11.8 Å². The van der Waals surface area contributed by atoms with Crippen LogP contribution in [0.15, 0.2) is 35.9 Å². The molecule has 4 heterocycles. The Morgan fingerprint density at radius 2 is 1.74 bits per heavy atom. The highest BCUT2D eigenvalue weighted by atomic mass is 32.2. The van der Waals surface area contributed by atoms with Crippen molar-refractivity contribution in [2.45, 2.75) is 83.1 Å². The molecule has 12 heteroatoms. The third-order valence-corrected chi connectivity index (χ3v) is 8.41. The molecule has 1 aromatic carbocycles. The maximum atomic E-state index is 13.6. The average Bonchev–Trinajstić information content (AvgIpc) is 3.70. The van der Waals surface area contributed by atoms with Gasteiger partial charge >= 0.3 is 6.09 Å². The highest BCUT2D eigenvalue weighted by molar-refractivity contribution is 7.98. The molecule has 4 aromatic rings. The highest BCUT2D eigenvalue weighted by Crippen LogP contribution is 2.36. The van der Waals surface area contributed by atoms with Gasteiger partial charge in [0.25, 0.3) is 5.91 Å². The molecule has 0 spiro atoms. The zero-order valence-electron chi connectivity index (χ0n) is 25.5. The fourth-order valence-electron chi connectivity index (χ4n) is 5.84. The summed E-state index contributed by atoms with van der Waals surface area (Å²) in [5.41, 5.74) is 3.89. The number of thioether (sulfide) groups is 1. The number of nitrogens with one attached hydrogen (secondary N) is 1. The van der Waals surface area contributed by atoms with Crippen molar-refractivity contribution in [3.63, 3.8) is 0 Å². The minimum Gasteiger partial charge on any atom is -0.444 e. The van der Waals surface area contributed by atoms with Crippen LogP contribution in [0.2, 0.25) is 0 Å². The van der Waals surface area contributed by atoms with Crippen molar-refractivity contribution >= 4 is 51.8 Å². The molecular formula is C31H38N8O3S. The van der Waals surface area contributed by atoms with Gasteiger partial charge in [0.2, 0.25) is 0 Å². The van der Waals surface area contributed by atoms with Crippen molar-refractivity contribution in [2.24, 2.45) is 0 Å². The fraction of sp³-hybridized carbons (Fsp3) is 0.484. The van der Waals surface area contributed by atoms with Crippen LogP contribution in [-0.2, 0) is 4.74 Å².